The molecule has 1 aliphatic rings. The van der Waals surface area contributed by atoms with Crippen molar-refractivity contribution in [3.8, 4) is 0 Å². The Labute approximate surface area is 130 Å². The van der Waals surface area contributed by atoms with Crippen molar-refractivity contribution in [2.24, 2.45) is 5.73 Å². The molecule has 0 fully saturated rings. The maximum Gasteiger partial charge on any atom is 0.246 e. The summed E-state index contributed by atoms with van der Waals surface area (Å²) in [5.41, 5.74) is 8.40. The standard InChI is InChI=1S/C19H18N2O/c20-19(22)17-12-7-13-21(14-17)18(15-8-3-1-4-9-15)16-10-5-2-6-11-16/h1-11,13-14,18H,12H2,(H2,20,22). The molecule has 1 amide bonds. The molecule has 0 saturated heterocycles. The molecule has 22 heavy (non-hydrogen) atoms. The van der Waals surface area contributed by atoms with Gasteiger partial charge >= 0.3 is 0 Å². The second-order valence-corrected chi connectivity index (χ2v) is 5.28. The molecule has 0 aromatic heterocycles. The zero-order valence-corrected chi connectivity index (χ0v) is 12.2. The Morgan fingerprint density at radius 3 is 2.00 bits per heavy atom. The highest BCUT2D eigenvalue weighted by molar-refractivity contribution is 5.92. The van der Waals surface area contributed by atoms with E-state index in [1.54, 1.807) is 0 Å². The second-order valence-electron chi connectivity index (χ2n) is 5.28. The van der Waals surface area contributed by atoms with Gasteiger partial charge in [0.2, 0.25) is 5.91 Å². The third-order valence-electron chi connectivity index (χ3n) is 3.77. The summed E-state index contributed by atoms with van der Waals surface area (Å²) < 4.78 is 0. The van der Waals surface area contributed by atoms with Crippen LogP contribution in [0, 0.1) is 0 Å². The zero-order chi connectivity index (χ0) is 15.4. The van der Waals surface area contributed by atoms with Crippen LogP contribution in [0.3, 0.4) is 0 Å². The molecule has 2 N–H and O–H groups in total. The van der Waals surface area contributed by atoms with Gasteiger partial charge in [0.05, 0.1) is 6.04 Å². The quantitative estimate of drug-likeness (QED) is 0.938. The second kappa shape index (κ2) is 6.31. The average Bonchev–Trinajstić information content (AvgIpc) is 2.57. The van der Waals surface area contributed by atoms with Crippen LogP contribution >= 0.6 is 0 Å². The molecule has 2 aromatic rings. The number of carbonyl (C=O) groups excluding carboxylic acids is 1. The molecule has 0 aliphatic carbocycles. The number of allylic oxidation sites excluding steroid dienone is 1. The summed E-state index contributed by atoms with van der Waals surface area (Å²) in [5, 5.41) is 0. The van der Waals surface area contributed by atoms with E-state index in [1.165, 1.54) is 11.1 Å². The molecule has 0 atom stereocenters. The summed E-state index contributed by atoms with van der Waals surface area (Å²) in [4.78, 5) is 13.5. The number of primary amides is 1. The summed E-state index contributed by atoms with van der Waals surface area (Å²) in [6.45, 7) is 0. The third-order valence-corrected chi connectivity index (χ3v) is 3.77. The van der Waals surface area contributed by atoms with E-state index < -0.39 is 0 Å². The fraction of sp³-hybridized carbons (Fsp3) is 0.105. The van der Waals surface area contributed by atoms with Gasteiger partial charge in [-0.15, -0.1) is 0 Å². The minimum absolute atomic E-state index is 0.0216. The van der Waals surface area contributed by atoms with Crippen LogP contribution in [-0.2, 0) is 4.79 Å². The summed E-state index contributed by atoms with van der Waals surface area (Å²) in [5.74, 6) is -0.366. The number of amides is 1. The lowest BCUT2D eigenvalue weighted by atomic mass is 9.96. The minimum Gasteiger partial charge on any atom is -0.366 e. The topological polar surface area (TPSA) is 46.3 Å². The van der Waals surface area contributed by atoms with Gasteiger partial charge in [-0.25, -0.2) is 0 Å². The lowest BCUT2D eigenvalue weighted by Crippen LogP contribution is -2.25. The predicted molar refractivity (Wildman–Crippen MR) is 87.6 cm³/mol. The fourth-order valence-electron chi connectivity index (χ4n) is 2.71. The van der Waals surface area contributed by atoms with E-state index in [0.29, 0.717) is 12.0 Å². The van der Waals surface area contributed by atoms with Crippen LogP contribution in [0.4, 0.5) is 0 Å². The zero-order valence-electron chi connectivity index (χ0n) is 12.2. The van der Waals surface area contributed by atoms with Crippen molar-refractivity contribution < 1.29 is 4.79 Å². The Morgan fingerprint density at radius 2 is 1.50 bits per heavy atom. The monoisotopic (exact) mass is 290 g/mol. The van der Waals surface area contributed by atoms with Gasteiger partial charge in [0.15, 0.2) is 0 Å². The third kappa shape index (κ3) is 2.93. The first-order valence-corrected chi connectivity index (χ1v) is 7.30. The van der Waals surface area contributed by atoms with Crippen molar-refractivity contribution in [2.45, 2.75) is 12.5 Å². The first kappa shape index (κ1) is 14.1. The number of hydrogen-bond donors (Lipinski definition) is 1. The number of carbonyl (C=O) groups is 1. The molecule has 0 unspecified atom stereocenters. The Morgan fingerprint density at radius 1 is 0.955 bits per heavy atom. The van der Waals surface area contributed by atoms with Crippen molar-refractivity contribution in [3.05, 3.63) is 95.8 Å². The largest absolute Gasteiger partial charge is 0.366 e. The van der Waals surface area contributed by atoms with Crippen LogP contribution in [0.1, 0.15) is 23.6 Å². The lowest BCUT2D eigenvalue weighted by molar-refractivity contribution is -0.114. The first-order valence-electron chi connectivity index (χ1n) is 7.30. The van der Waals surface area contributed by atoms with Crippen molar-refractivity contribution in [1.29, 1.82) is 0 Å². The lowest BCUT2D eigenvalue weighted by Gasteiger charge is -2.31. The van der Waals surface area contributed by atoms with Crippen LogP contribution in [0.15, 0.2) is 84.7 Å². The van der Waals surface area contributed by atoms with Crippen LogP contribution in [0.2, 0.25) is 0 Å². The maximum absolute atomic E-state index is 11.5. The number of rotatable bonds is 4. The number of nitrogens with two attached hydrogens (primary N) is 1. The molecule has 0 bridgehead atoms. The van der Waals surface area contributed by atoms with Gasteiger partial charge in [0.25, 0.3) is 0 Å². The molecule has 2 aromatic carbocycles. The predicted octanol–water partition coefficient (Wildman–Crippen LogP) is 3.36. The normalized spacial score (nSPS) is 14.0. The average molecular weight is 290 g/mol. The molecule has 0 radical (unpaired) electrons. The van der Waals surface area contributed by atoms with Crippen molar-refractivity contribution >= 4 is 5.91 Å². The number of nitrogens with zero attached hydrogens (tertiary/aromatic N) is 1. The summed E-state index contributed by atoms with van der Waals surface area (Å²) >= 11 is 0. The SMILES string of the molecule is NC(=O)C1=CN(C(c2ccccc2)c2ccccc2)C=CC1. The molecule has 0 spiro atoms. The number of hydrogen-bond acceptors (Lipinski definition) is 2. The Hall–Kier alpha value is -2.81. The van der Waals surface area contributed by atoms with Crippen molar-refractivity contribution in [2.75, 3.05) is 0 Å². The van der Waals surface area contributed by atoms with E-state index in [4.69, 9.17) is 5.73 Å². The molecule has 1 aliphatic heterocycles. The molecule has 3 nitrogen and oxygen atoms in total. The highest BCUT2D eigenvalue weighted by atomic mass is 16.1. The van der Waals surface area contributed by atoms with E-state index in [1.807, 2.05) is 59.8 Å². The van der Waals surface area contributed by atoms with Gasteiger partial charge in [-0.3, -0.25) is 4.79 Å². The first-order chi connectivity index (χ1) is 10.8. The van der Waals surface area contributed by atoms with Crippen LogP contribution in [-0.4, -0.2) is 10.8 Å². The molecular formula is C19H18N2O. The Balaban J connectivity index is 2.05. The minimum atomic E-state index is -0.366. The molecular weight excluding hydrogens is 272 g/mol. The summed E-state index contributed by atoms with van der Waals surface area (Å²) in [6, 6.07) is 20.5. The van der Waals surface area contributed by atoms with E-state index in [9.17, 15) is 4.79 Å². The van der Waals surface area contributed by atoms with Gasteiger partial charge in [-0.05, 0) is 17.5 Å². The van der Waals surface area contributed by atoms with Crippen LogP contribution < -0.4 is 5.73 Å². The molecule has 110 valence electrons. The van der Waals surface area contributed by atoms with E-state index >= 15 is 0 Å². The van der Waals surface area contributed by atoms with Gasteiger partial charge in [-0.2, -0.15) is 0 Å². The van der Waals surface area contributed by atoms with Gasteiger partial charge in [-0.1, -0.05) is 66.7 Å². The Bertz CT molecular complexity index is 665. The Kier molecular flexibility index (Phi) is 4.05. The van der Waals surface area contributed by atoms with E-state index in [0.717, 1.165) is 0 Å². The van der Waals surface area contributed by atoms with Crippen molar-refractivity contribution in [3.63, 3.8) is 0 Å². The summed E-state index contributed by atoms with van der Waals surface area (Å²) in [7, 11) is 0. The van der Waals surface area contributed by atoms with Gasteiger partial charge in [0.1, 0.15) is 0 Å². The molecule has 3 heteroatoms. The summed E-state index contributed by atoms with van der Waals surface area (Å²) in [6.07, 6.45) is 6.42. The van der Waals surface area contributed by atoms with Crippen molar-refractivity contribution in [1.82, 2.24) is 4.90 Å². The number of benzene rings is 2. The highest BCUT2D eigenvalue weighted by Crippen LogP contribution is 2.31. The highest BCUT2D eigenvalue weighted by Gasteiger charge is 2.21. The fourth-order valence-corrected chi connectivity index (χ4v) is 2.71. The maximum atomic E-state index is 11.5. The molecule has 3 rings (SSSR count). The molecule has 0 saturated carbocycles. The van der Waals surface area contributed by atoms with Crippen LogP contribution in [0.25, 0.3) is 0 Å². The van der Waals surface area contributed by atoms with Gasteiger partial charge in [0, 0.05) is 18.0 Å². The van der Waals surface area contributed by atoms with Gasteiger partial charge < -0.3 is 10.6 Å². The smallest absolute Gasteiger partial charge is 0.246 e. The van der Waals surface area contributed by atoms with Crippen LogP contribution in [0.5, 0.6) is 0 Å². The van der Waals surface area contributed by atoms with E-state index in [2.05, 4.69) is 24.3 Å². The van der Waals surface area contributed by atoms with E-state index in [-0.39, 0.29) is 11.9 Å². The molecule has 1 heterocycles.